The van der Waals surface area contributed by atoms with E-state index in [9.17, 15) is 4.79 Å². The van der Waals surface area contributed by atoms with Crippen molar-refractivity contribution >= 4 is 5.91 Å². The number of hydrogen-bond donors (Lipinski definition) is 1. The van der Waals surface area contributed by atoms with E-state index in [1.54, 1.807) is 6.20 Å². The summed E-state index contributed by atoms with van der Waals surface area (Å²) in [5.41, 5.74) is 0. The van der Waals surface area contributed by atoms with Gasteiger partial charge in [0.05, 0.1) is 12.6 Å². The minimum atomic E-state index is 0.0198. The summed E-state index contributed by atoms with van der Waals surface area (Å²) in [6, 6.07) is 1.92. The molecule has 1 aliphatic heterocycles. The molecule has 0 saturated carbocycles. The number of carbonyl (C=O) groups is 1. The smallest absolute Gasteiger partial charge is 0.239 e. The number of likely N-dealkylation sites (tertiary alicyclic amines) is 1. The molecule has 5 nitrogen and oxygen atoms in total. The molecule has 1 unspecified atom stereocenters. The van der Waals surface area contributed by atoms with E-state index < -0.39 is 0 Å². The molecule has 1 aliphatic rings. The normalized spacial score (nSPS) is 20.9. The van der Waals surface area contributed by atoms with Crippen molar-refractivity contribution in [2.24, 2.45) is 0 Å². The lowest BCUT2D eigenvalue weighted by molar-refractivity contribution is -0.136. The zero-order chi connectivity index (χ0) is 12.1. The number of rotatable bonds is 5. The predicted octanol–water partition coefficient (Wildman–Crippen LogP) is 0.484. The molecule has 1 saturated heterocycles. The highest BCUT2D eigenvalue weighted by molar-refractivity contribution is 5.82. The van der Waals surface area contributed by atoms with E-state index in [-0.39, 0.29) is 11.9 Å². The van der Waals surface area contributed by atoms with Gasteiger partial charge in [-0.3, -0.25) is 9.48 Å². The summed E-state index contributed by atoms with van der Waals surface area (Å²) < 4.78 is 1.87. The monoisotopic (exact) mass is 236 g/mol. The fraction of sp³-hybridized carbons (Fsp3) is 0.667. The number of nitrogens with one attached hydrogen (secondary N) is 1. The first-order valence-electron chi connectivity index (χ1n) is 6.31. The summed E-state index contributed by atoms with van der Waals surface area (Å²) in [4.78, 5) is 14.1. The first kappa shape index (κ1) is 12.1. The van der Waals surface area contributed by atoms with Crippen LogP contribution in [0.15, 0.2) is 18.5 Å². The average Bonchev–Trinajstić information content (AvgIpc) is 2.83. The number of aromatic nitrogens is 2. The highest BCUT2D eigenvalue weighted by Gasteiger charge is 2.27. The first-order chi connectivity index (χ1) is 8.31. The van der Waals surface area contributed by atoms with Gasteiger partial charge < -0.3 is 10.2 Å². The van der Waals surface area contributed by atoms with Crippen LogP contribution in [0.2, 0.25) is 0 Å². The van der Waals surface area contributed by atoms with Crippen LogP contribution < -0.4 is 5.32 Å². The summed E-state index contributed by atoms with van der Waals surface area (Å²) in [6.45, 7) is 5.29. The van der Waals surface area contributed by atoms with Crippen LogP contribution in [0.4, 0.5) is 0 Å². The molecule has 1 amide bonds. The van der Waals surface area contributed by atoms with Crippen molar-refractivity contribution in [2.75, 3.05) is 19.6 Å². The Morgan fingerprint density at radius 3 is 3.12 bits per heavy atom. The Morgan fingerprint density at radius 1 is 1.53 bits per heavy atom. The molecule has 0 spiro atoms. The topological polar surface area (TPSA) is 50.2 Å². The molecule has 0 aromatic carbocycles. The standard InChI is InChI=1S/C12H20N4O/c1-2-13-11-5-3-7-15(12(11)17)9-10-16-8-4-6-14-16/h4,6,8,11,13H,2-3,5,7,9-10H2,1H3. The van der Waals surface area contributed by atoms with Crippen LogP contribution in [-0.2, 0) is 11.3 Å². The third kappa shape index (κ3) is 3.06. The minimum Gasteiger partial charge on any atom is -0.339 e. The maximum absolute atomic E-state index is 12.1. The molecule has 1 aromatic rings. The lowest BCUT2D eigenvalue weighted by Gasteiger charge is -2.32. The predicted molar refractivity (Wildman–Crippen MR) is 65.5 cm³/mol. The van der Waals surface area contributed by atoms with Crippen LogP contribution >= 0.6 is 0 Å². The summed E-state index contributed by atoms with van der Waals surface area (Å²) in [5, 5.41) is 7.39. The van der Waals surface area contributed by atoms with Gasteiger partial charge in [-0.05, 0) is 25.5 Å². The van der Waals surface area contributed by atoms with Crippen molar-refractivity contribution in [3.05, 3.63) is 18.5 Å². The Kier molecular flexibility index (Phi) is 4.14. The maximum atomic E-state index is 12.1. The zero-order valence-corrected chi connectivity index (χ0v) is 10.3. The van der Waals surface area contributed by atoms with Gasteiger partial charge in [-0.1, -0.05) is 6.92 Å². The van der Waals surface area contributed by atoms with Crippen molar-refractivity contribution in [3.8, 4) is 0 Å². The Balaban J connectivity index is 1.85. The Hall–Kier alpha value is -1.36. The number of hydrogen-bond acceptors (Lipinski definition) is 3. The van der Waals surface area contributed by atoms with E-state index >= 15 is 0 Å². The van der Waals surface area contributed by atoms with Gasteiger partial charge in [-0.25, -0.2) is 0 Å². The van der Waals surface area contributed by atoms with Crippen molar-refractivity contribution < 1.29 is 4.79 Å². The molecule has 1 N–H and O–H groups in total. The largest absolute Gasteiger partial charge is 0.339 e. The molecule has 1 atom stereocenters. The fourth-order valence-corrected chi connectivity index (χ4v) is 2.25. The number of likely N-dealkylation sites (N-methyl/N-ethyl adjacent to an activating group) is 1. The highest BCUT2D eigenvalue weighted by Crippen LogP contribution is 2.11. The molecule has 5 heteroatoms. The Bertz CT molecular complexity index is 347. The van der Waals surface area contributed by atoms with Gasteiger partial charge in [-0.15, -0.1) is 0 Å². The number of amides is 1. The molecule has 94 valence electrons. The van der Waals surface area contributed by atoms with E-state index in [4.69, 9.17) is 0 Å². The SMILES string of the molecule is CCNC1CCCN(CCn2cccn2)C1=O. The lowest BCUT2D eigenvalue weighted by Crippen LogP contribution is -2.51. The second kappa shape index (κ2) is 5.82. The van der Waals surface area contributed by atoms with Crippen LogP contribution in [0.3, 0.4) is 0 Å². The van der Waals surface area contributed by atoms with Crippen LogP contribution in [0, 0.1) is 0 Å². The molecule has 0 bridgehead atoms. The van der Waals surface area contributed by atoms with Crippen LogP contribution in [0.1, 0.15) is 19.8 Å². The average molecular weight is 236 g/mol. The van der Waals surface area contributed by atoms with Crippen molar-refractivity contribution in [1.29, 1.82) is 0 Å². The summed E-state index contributed by atoms with van der Waals surface area (Å²) in [7, 11) is 0. The third-order valence-electron chi connectivity index (χ3n) is 3.14. The lowest BCUT2D eigenvalue weighted by atomic mass is 10.0. The second-order valence-corrected chi connectivity index (χ2v) is 4.35. The maximum Gasteiger partial charge on any atom is 0.239 e. The van der Waals surface area contributed by atoms with Crippen molar-refractivity contribution in [3.63, 3.8) is 0 Å². The Morgan fingerprint density at radius 2 is 2.41 bits per heavy atom. The van der Waals surface area contributed by atoms with E-state index in [0.717, 1.165) is 39.0 Å². The number of piperidine rings is 1. The molecule has 0 aliphatic carbocycles. The molecular formula is C12H20N4O. The van der Waals surface area contributed by atoms with Crippen molar-refractivity contribution in [2.45, 2.75) is 32.4 Å². The van der Waals surface area contributed by atoms with Gasteiger partial charge in [0.15, 0.2) is 0 Å². The van der Waals surface area contributed by atoms with E-state index in [2.05, 4.69) is 10.4 Å². The molecule has 2 heterocycles. The molecule has 1 aromatic heterocycles. The fourth-order valence-electron chi connectivity index (χ4n) is 2.25. The summed E-state index contributed by atoms with van der Waals surface area (Å²) in [6.07, 6.45) is 5.74. The minimum absolute atomic E-state index is 0.0198. The van der Waals surface area contributed by atoms with E-state index in [1.807, 2.05) is 28.8 Å². The van der Waals surface area contributed by atoms with Crippen molar-refractivity contribution in [1.82, 2.24) is 20.0 Å². The van der Waals surface area contributed by atoms with Crippen LogP contribution in [-0.4, -0.2) is 46.3 Å². The van der Waals surface area contributed by atoms with Gasteiger partial charge >= 0.3 is 0 Å². The molecule has 1 fully saturated rings. The van der Waals surface area contributed by atoms with Crippen LogP contribution in [0.5, 0.6) is 0 Å². The van der Waals surface area contributed by atoms with E-state index in [1.165, 1.54) is 0 Å². The number of carbonyl (C=O) groups excluding carboxylic acids is 1. The molecule has 0 radical (unpaired) electrons. The second-order valence-electron chi connectivity index (χ2n) is 4.35. The molecule has 2 rings (SSSR count). The van der Waals surface area contributed by atoms with E-state index in [0.29, 0.717) is 0 Å². The molecule has 17 heavy (non-hydrogen) atoms. The summed E-state index contributed by atoms with van der Waals surface area (Å²) >= 11 is 0. The van der Waals surface area contributed by atoms with Crippen LogP contribution in [0.25, 0.3) is 0 Å². The third-order valence-corrected chi connectivity index (χ3v) is 3.14. The number of nitrogens with zero attached hydrogens (tertiary/aromatic N) is 3. The molecular weight excluding hydrogens is 216 g/mol. The zero-order valence-electron chi connectivity index (χ0n) is 10.3. The highest BCUT2D eigenvalue weighted by atomic mass is 16.2. The van der Waals surface area contributed by atoms with Gasteiger partial charge in [0.1, 0.15) is 0 Å². The van der Waals surface area contributed by atoms with Gasteiger partial charge in [-0.2, -0.15) is 5.10 Å². The summed E-state index contributed by atoms with van der Waals surface area (Å²) in [5.74, 6) is 0.241. The van der Waals surface area contributed by atoms with Gasteiger partial charge in [0.25, 0.3) is 0 Å². The quantitative estimate of drug-likeness (QED) is 0.809. The Labute approximate surface area is 102 Å². The van der Waals surface area contributed by atoms with Gasteiger partial charge in [0, 0.05) is 25.5 Å². The first-order valence-corrected chi connectivity index (χ1v) is 6.31. The van der Waals surface area contributed by atoms with Gasteiger partial charge in [0.2, 0.25) is 5.91 Å².